The summed E-state index contributed by atoms with van der Waals surface area (Å²) in [5, 5.41) is 16.7. The van der Waals surface area contributed by atoms with E-state index in [4.69, 9.17) is 0 Å². The van der Waals surface area contributed by atoms with Crippen LogP contribution in [0.15, 0.2) is 0 Å². The zero-order valence-corrected chi connectivity index (χ0v) is 8.95. The molecule has 0 bridgehead atoms. The van der Waals surface area contributed by atoms with Crippen molar-refractivity contribution in [3.63, 3.8) is 0 Å². The molecule has 2 rings (SSSR count). The fourth-order valence-electron chi connectivity index (χ4n) is 1.91. The molecule has 1 aliphatic heterocycles. The number of fused-ring (bicyclic) bond motifs is 1. The van der Waals surface area contributed by atoms with Gasteiger partial charge in [-0.3, -0.25) is 4.68 Å². The summed E-state index contributed by atoms with van der Waals surface area (Å²) in [6.45, 7) is 6.14. The predicted octanol–water partition coefficient (Wildman–Crippen LogP) is 0.808. The first-order valence-corrected chi connectivity index (χ1v) is 5.15. The fourth-order valence-corrected chi connectivity index (χ4v) is 1.91. The molecule has 0 aliphatic carbocycles. The second-order valence-corrected chi connectivity index (χ2v) is 4.07. The minimum Gasteiger partial charge on any atom is -0.478 e. The minimum atomic E-state index is -0.872. The quantitative estimate of drug-likeness (QED) is 0.756. The van der Waals surface area contributed by atoms with E-state index in [9.17, 15) is 9.90 Å². The lowest BCUT2D eigenvalue weighted by atomic mass is 10.0. The summed E-state index contributed by atoms with van der Waals surface area (Å²) in [5.74, 6) is -0.724. The summed E-state index contributed by atoms with van der Waals surface area (Å²) in [5.41, 5.74) is 1.89. The standard InChI is InChI=1S/C10H15N3O2/c1-6(2)9-8(10(14)15)7-5-11-3-4-13(7)12-9/h6,11H,3-5H2,1-2H3,(H,14,15). The summed E-state index contributed by atoms with van der Waals surface area (Å²) >= 11 is 0. The number of carboxylic acids is 1. The van der Waals surface area contributed by atoms with Crippen molar-refractivity contribution in [2.75, 3.05) is 6.54 Å². The van der Waals surface area contributed by atoms with Gasteiger partial charge in [-0.2, -0.15) is 5.10 Å². The van der Waals surface area contributed by atoms with Crippen LogP contribution in [0.25, 0.3) is 0 Å². The lowest BCUT2D eigenvalue weighted by Crippen LogP contribution is -2.29. The normalized spacial score (nSPS) is 15.4. The number of carboxylic acid groups (broad SMARTS) is 1. The maximum Gasteiger partial charge on any atom is 0.339 e. The fraction of sp³-hybridized carbons (Fsp3) is 0.600. The van der Waals surface area contributed by atoms with E-state index in [0.29, 0.717) is 17.8 Å². The molecule has 0 unspecified atom stereocenters. The van der Waals surface area contributed by atoms with Crippen LogP contribution in [0, 0.1) is 0 Å². The van der Waals surface area contributed by atoms with Gasteiger partial charge >= 0.3 is 5.97 Å². The molecule has 82 valence electrons. The number of nitrogens with one attached hydrogen (secondary N) is 1. The van der Waals surface area contributed by atoms with Crippen molar-refractivity contribution in [3.8, 4) is 0 Å². The van der Waals surface area contributed by atoms with Gasteiger partial charge < -0.3 is 10.4 Å². The van der Waals surface area contributed by atoms with E-state index in [1.807, 2.05) is 18.5 Å². The van der Waals surface area contributed by atoms with Crippen molar-refractivity contribution in [1.29, 1.82) is 0 Å². The van der Waals surface area contributed by atoms with Gasteiger partial charge in [-0.05, 0) is 5.92 Å². The summed E-state index contributed by atoms with van der Waals surface area (Å²) in [7, 11) is 0. The third-order valence-electron chi connectivity index (χ3n) is 2.64. The maximum atomic E-state index is 11.2. The SMILES string of the molecule is CC(C)c1nn2c(c1C(=O)O)CNCC2. The second kappa shape index (κ2) is 3.66. The second-order valence-electron chi connectivity index (χ2n) is 4.07. The molecule has 2 heterocycles. The highest BCUT2D eigenvalue weighted by molar-refractivity contribution is 5.90. The average Bonchev–Trinajstić information content (AvgIpc) is 2.56. The van der Waals surface area contributed by atoms with Crippen LogP contribution in [0.3, 0.4) is 0 Å². The molecule has 0 aromatic carbocycles. The molecule has 1 aromatic rings. The molecule has 0 saturated carbocycles. The van der Waals surface area contributed by atoms with Gasteiger partial charge in [0.05, 0.1) is 17.9 Å². The third-order valence-corrected chi connectivity index (χ3v) is 2.64. The van der Waals surface area contributed by atoms with Gasteiger partial charge in [0.1, 0.15) is 5.56 Å². The molecule has 0 saturated heterocycles. The van der Waals surface area contributed by atoms with E-state index in [1.54, 1.807) is 0 Å². The van der Waals surface area contributed by atoms with Gasteiger partial charge in [0.15, 0.2) is 0 Å². The number of nitrogens with zero attached hydrogens (tertiary/aromatic N) is 2. The summed E-state index contributed by atoms with van der Waals surface area (Å²) in [4.78, 5) is 11.2. The highest BCUT2D eigenvalue weighted by atomic mass is 16.4. The Balaban J connectivity index is 2.56. The van der Waals surface area contributed by atoms with E-state index in [2.05, 4.69) is 10.4 Å². The van der Waals surface area contributed by atoms with E-state index < -0.39 is 5.97 Å². The highest BCUT2D eigenvalue weighted by Gasteiger charge is 2.25. The Hall–Kier alpha value is -1.36. The summed E-state index contributed by atoms with van der Waals surface area (Å²) in [6.07, 6.45) is 0. The first kappa shape index (κ1) is 10.2. The molecule has 1 aromatic heterocycles. The van der Waals surface area contributed by atoms with Crippen LogP contribution in [-0.2, 0) is 13.1 Å². The van der Waals surface area contributed by atoms with Crippen LogP contribution >= 0.6 is 0 Å². The summed E-state index contributed by atoms with van der Waals surface area (Å²) < 4.78 is 1.81. The van der Waals surface area contributed by atoms with Gasteiger partial charge in [-0.15, -0.1) is 0 Å². The lowest BCUT2D eigenvalue weighted by molar-refractivity contribution is 0.0693. The van der Waals surface area contributed by atoms with Crippen LogP contribution in [0.1, 0.15) is 41.5 Å². The smallest absolute Gasteiger partial charge is 0.339 e. The Morgan fingerprint density at radius 1 is 1.60 bits per heavy atom. The largest absolute Gasteiger partial charge is 0.478 e. The number of aromatic nitrogens is 2. The van der Waals surface area contributed by atoms with E-state index in [-0.39, 0.29) is 5.92 Å². The molecule has 0 spiro atoms. The van der Waals surface area contributed by atoms with Crippen molar-refractivity contribution < 1.29 is 9.90 Å². The molecular weight excluding hydrogens is 194 g/mol. The van der Waals surface area contributed by atoms with Crippen LogP contribution in [0.2, 0.25) is 0 Å². The number of carbonyl (C=O) groups is 1. The van der Waals surface area contributed by atoms with Gasteiger partial charge in [0, 0.05) is 13.1 Å². The number of rotatable bonds is 2. The number of hydrogen-bond acceptors (Lipinski definition) is 3. The van der Waals surface area contributed by atoms with Crippen LogP contribution in [-0.4, -0.2) is 27.4 Å². The highest BCUT2D eigenvalue weighted by Crippen LogP contribution is 2.23. The molecule has 0 radical (unpaired) electrons. The van der Waals surface area contributed by atoms with Crippen LogP contribution in [0.5, 0.6) is 0 Å². The third kappa shape index (κ3) is 1.63. The average molecular weight is 209 g/mol. The number of hydrogen-bond donors (Lipinski definition) is 2. The van der Waals surface area contributed by atoms with E-state index in [1.165, 1.54) is 0 Å². The van der Waals surface area contributed by atoms with Crippen molar-refractivity contribution in [1.82, 2.24) is 15.1 Å². The zero-order valence-electron chi connectivity index (χ0n) is 8.95. The Kier molecular flexibility index (Phi) is 2.48. The molecule has 0 fully saturated rings. The van der Waals surface area contributed by atoms with Crippen molar-refractivity contribution in [2.45, 2.75) is 32.9 Å². The Labute approximate surface area is 88.1 Å². The molecule has 15 heavy (non-hydrogen) atoms. The monoisotopic (exact) mass is 209 g/mol. The van der Waals surface area contributed by atoms with E-state index in [0.717, 1.165) is 18.8 Å². The van der Waals surface area contributed by atoms with Gasteiger partial charge in [-0.25, -0.2) is 4.79 Å². The topological polar surface area (TPSA) is 67.2 Å². The van der Waals surface area contributed by atoms with Crippen molar-refractivity contribution >= 4 is 5.97 Å². The molecule has 1 aliphatic rings. The number of aromatic carboxylic acids is 1. The Morgan fingerprint density at radius 3 is 2.93 bits per heavy atom. The Morgan fingerprint density at radius 2 is 2.33 bits per heavy atom. The van der Waals surface area contributed by atoms with Crippen LogP contribution in [0.4, 0.5) is 0 Å². The van der Waals surface area contributed by atoms with E-state index >= 15 is 0 Å². The van der Waals surface area contributed by atoms with Crippen molar-refractivity contribution in [3.05, 3.63) is 17.0 Å². The first-order chi connectivity index (χ1) is 7.11. The molecule has 2 N–H and O–H groups in total. The first-order valence-electron chi connectivity index (χ1n) is 5.15. The maximum absolute atomic E-state index is 11.2. The molecule has 5 nitrogen and oxygen atoms in total. The predicted molar refractivity (Wildman–Crippen MR) is 55.0 cm³/mol. The molecular formula is C10H15N3O2. The van der Waals surface area contributed by atoms with Gasteiger partial charge in [-0.1, -0.05) is 13.8 Å². The molecule has 5 heteroatoms. The van der Waals surface area contributed by atoms with Gasteiger partial charge in [0.2, 0.25) is 0 Å². The Bertz CT molecular complexity index is 396. The van der Waals surface area contributed by atoms with Gasteiger partial charge in [0.25, 0.3) is 0 Å². The molecule has 0 atom stereocenters. The van der Waals surface area contributed by atoms with Crippen molar-refractivity contribution in [2.24, 2.45) is 0 Å². The van der Waals surface area contributed by atoms with Crippen LogP contribution < -0.4 is 5.32 Å². The zero-order chi connectivity index (χ0) is 11.0. The molecule has 0 amide bonds. The summed E-state index contributed by atoms with van der Waals surface area (Å²) in [6, 6.07) is 0. The lowest BCUT2D eigenvalue weighted by Gasteiger charge is -2.14. The minimum absolute atomic E-state index is 0.147.